The molecule has 160 valence electrons. The summed E-state index contributed by atoms with van der Waals surface area (Å²) in [5, 5.41) is 3.60. The summed E-state index contributed by atoms with van der Waals surface area (Å²) < 4.78 is 41.9. The highest BCUT2D eigenvalue weighted by Crippen LogP contribution is 2.33. The first-order valence-electron chi connectivity index (χ1n) is 8.76. The molecule has 1 heterocycles. The van der Waals surface area contributed by atoms with E-state index in [4.69, 9.17) is 11.6 Å². The Hall–Kier alpha value is -2.56. The van der Waals surface area contributed by atoms with Gasteiger partial charge in [-0.2, -0.15) is 0 Å². The molecule has 0 aliphatic carbocycles. The Kier molecular flexibility index (Phi) is 6.69. The number of amides is 2. The van der Waals surface area contributed by atoms with Crippen molar-refractivity contribution in [3.63, 3.8) is 0 Å². The summed E-state index contributed by atoms with van der Waals surface area (Å²) >= 11 is 7.07. The molecule has 11 heteroatoms. The van der Waals surface area contributed by atoms with Gasteiger partial charge in [0.2, 0.25) is 0 Å². The van der Waals surface area contributed by atoms with Crippen molar-refractivity contribution >= 4 is 50.0 Å². The molecule has 6 nitrogen and oxygen atoms in total. The van der Waals surface area contributed by atoms with Crippen LogP contribution in [0.1, 0.15) is 0 Å². The van der Waals surface area contributed by atoms with Gasteiger partial charge in [0.1, 0.15) is 5.75 Å². The molecular formula is C19H18ClF3N4O2S. The van der Waals surface area contributed by atoms with Gasteiger partial charge >= 0.3 is 12.4 Å². The van der Waals surface area contributed by atoms with Crippen molar-refractivity contribution < 1.29 is 22.7 Å². The molecular weight excluding hydrogens is 441 g/mol. The van der Waals surface area contributed by atoms with Crippen molar-refractivity contribution in [3.8, 4) is 5.75 Å². The fourth-order valence-corrected chi connectivity index (χ4v) is 3.76. The lowest BCUT2D eigenvalue weighted by atomic mass is 10.3. The highest BCUT2D eigenvalue weighted by atomic mass is 35.5. The summed E-state index contributed by atoms with van der Waals surface area (Å²) in [7, 11) is 3.73. The first-order valence-corrected chi connectivity index (χ1v) is 9.95. The van der Waals surface area contributed by atoms with Gasteiger partial charge < -0.3 is 15.0 Å². The zero-order valence-corrected chi connectivity index (χ0v) is 17.6. The van der Waals surface area contributed by atoms with Crippen LogP contribution in [-0.4, -0.2) is 49.5 Å². The molecule has 0 saturated heterocycles. The lowest BCUT2D eigenvalue weighted by Crippen LogP contribution is -2.39. The smallest absolute Gasteiger partial charge is 0.406 e. The van der Waals surface area contributed by atoms with Crippen LogP contribution in [0.15, 0.2) is 42.5 Å². The van der Waals surface area contributed by atoms with Crippen LogP contribution in [0, 0.1) is 0 Å². The Balaban J connectivity index is 1.88. The standard InChI is InChI=1S/C19H18ClF3N4O2S/c1-26(2)8-9-27(17(28)24-13-5-3-4-12(20)10-13)18-25-15-7-6-14(11-16(15)30-18)29-19(21,22)23/h3-7,10-11H,8-9H2,1-2H3,(H,24,28). The average molecular weight is 459 g/mol. The third-order valence-electron chi connectivity index (χ3n) is 3.90. The van der Waals surface area contributed by atoms with E-state index in [-0.39, 0.29) is 5.75 Å². The molecule has 3 rings (SSSR count). The fourth-order valence-electron chi connectivity index (χ4n) is 2.55. The molecule has 2 aromatic carbocycles. The maximum absolute atomic E-state index is 12.9. The molecule has 1 aromatic heterocycles. The summed E-state index contributed by atoms with van der Waals surface area (Å²) in [5.41, 5.74) is 0.985. The first-order chi connectivity index (χ1) is 14.1. The summed E-state index contributed by atoms with van der Waals surface area (Å²) in [5.74, 6) is -0.339. The van der Waals surface area contributed by atoms with E-state index in [1.165, 1.54) is 23.1 Å². The van der Waals surface area contributed by atoms with Crippen molar-refractivity contribution in [2.75, 3.05) is 37.4 Å². The Morgan fingerprint density at radius 2 is 1.97 bits per heavy atom. The van der Waals surface area contributed by atoms with Gasteiger partial charge in [-0.15, -0.1) is 13.2 Å². The second-order valence-corrected chi connectivity index (χ2v) is 8.01. The van der Waals surface area contributed by atoms with Gasteiger partial charge in [-0.05, 0) is 44.4 Å². The maximum Gasteiger partial charge on any atom is 0.573 e. The predicted octanol–water partition coefficient (Wildman–Crippen LogP) is 5.45. The van der Waals surface area contributed by atoms with Crippen molar-refractivity contribution in [3.05, 3.63) is 47.5 Å². The second-order valence-electron chi connectivity index (χ2n) is 6.57. The molecule has 30 heavy (non-hydrogen) atoms. The van der Waals surface area contributed by atoms with E-state index in [1.807, 2.05) is 19.0 Å². The number of hydrogen-bond acceptors (Lipinski definition) is 5. The number of urea groups is 1. The number of likely N-dealkylation sites (N-methyl/N-ethyl adjacent to an activating group) is 1. The summed E-state index contributed by atoms with van der Waals surface area (Å²) in [4.78, 5) is 20.7. The van der Waals surface area contributed by atoms with Gasteiger partial charge in [0.25, 0.3) is 0 Å². The predicted molar refractivity (Wildman–Crippen MR) is 113 cm³/mol. The highest BCUT2D eigenvalue weighted by molar-refractivity contribution is 7.22. The Labute approximate surface area is 179 Å². The van der Waals surface area contributed by atoms with E-state index in [0.717, 1.165) is 11.3 Å². The van der Waals surface area contributed by atoms with Crippen LogP contribution in [0.4, 0.5) is 28.8 Å². The van der Waals surface area contributed by atoms with E-state index in [9.17, 15) is 18.0 Å². The molecule has 3 aromatic rings. The lowest BCUT2D eigenvalue weighted by Gasteiger charge is -2.22. The molecule has 0 spiro atoms. The molecule has 0 aliphatic rings. The van der Waals surface area contributed by atoms with Crippen molar-refractivity contribution in [1.29, 1.82) is 0 Å². The molecule has 0 aliphatic heterocycles. The number of hydrogen-bond donors (Lipinski definition) is 1. The normalized spacial score (nSPS) is 11.7. The number of rotatable bonds is 6. The maximum atomic E-state index is 12.9. The number of aromatic nitrogens is 1. The zero-order valence-electron chi connectivity index (χ0n) is 16.0. The third kappa shape index (κ3) is 5.97. The number of halogens is 4. The number of anilines is 2. The van der Waals surface area contributed by atoms with E-state index in [0.29, 0.717) is 39.1 Å². The van der Waals surface area contributed by atoms with Gasteiger partial charge in [0, 0.05) is 29.9 Å². The second kappa shape index (κ2) is 9.07. The van der Waals surface area contributed by atoms with E-state index >= 15 is 0 Å². The van der Waals surface area contributed by atoms with Gasteiger partial charge in [0.05, 0.1) is 10.2 Å². The third-order valence-corrected chi connectivity index (χ3v) is 5.18. The van der Waals surface area contributed by atoms with Crippen molar-refractivity contribution in [2.45, 2.75) is 6.36 Å². The average Bonchev–Trinajstić information content (AvgIpc) is 3.03. The van der Waals surface area contributed by atoms with E-state index in [2.05, 4.69) is 15.0 Å². The Bertz CT molecular complexity index is 1040. The molecule has 0 unspecified atom stereocenters. The van der Waals surface area contributed by atoms with Crippen LogP contribution >= 0.6 is 22.9 Å². The number of carbonyl (C=O) groups is 1. The quantitative estimate of drug-likeness (QED) is 0.533. The topological polar surface area (TPSA) is 57.7 Å². The minimum absolute atomic E-state index is 0.325. The lowest BCUT2D eigenvalue weighted by molar-refractivity contribution is -0.274. The van der Waals surface area contributed by atoms with Crippen LogP contribution < -0.4 is 15.0 Å². The molecule has 1 N–H and O–H groups in total. The summed E-state index contributed by atoms with van der Waals surface area (Å²) in [6.07, 6.45) is -4.78. The van der Waals surface area contributed by atoms with Gasteiger partial charge in [-0.25, -0.2) is 9.78 Å². The Morgan fingerprint density at radius 3 is 2.63 bits per heavy atom. The van der Waals surface area contributed by atoms with E-state index < -0.39 is 12.4 Å². The number of benzene rings is 2. The molecule has 0 bridgehead atoms. The van der Waals surface area contributed by atoms with Crippen molar-refractivity contribution in [1.82, 2.24) is 9.88 Å². The molecule has 0 saturated carbocycles. The number of alkyl halides is 3. The number of ether oxygens (including phenoxy) is 1. The largest absolute Gasteiger partial charge is 0.573 e. The molecule has 0 fully saturated rings. The van der Waals surface area contributed by atoms with Crippen LogP contribution in [0.5, 0.6) is 5.75 Å². The van der Waals surface area contributed by atoms with Gasteiger partial charge in [0.15, 0.2) is 5.13 Å². The number of nitrogens with one attached hydrogen (secondary N) is 1. The van der Waals surface area contributed by atoms with Crippen LogP contribution in [0.2, 0.25) is 5.02 Å². The van der Waals surface area contributed by atoms with Gasteiger partial charge in [-0.3, -0.25) is 4.90 Å². The number of nitrogens with zero attached hydrogens (tertiary/aromatic N) is 3. The number of fused-ring (bicyclic) bond motifs is 1. The van der Waals surface area contributed by atoms with Crippen molar-refractivity contribution in [2.24, 2.45) is 0 Å². The summed E-state index contributed by atoms with van der Waals surface area (Å²) in [6.45, 7) is 0.881. The molecule has 0 radical (unpaired) electrons. The Morgan fingerprint density at radius 1 is 1.20 bits per heavy atom. The van der Waals surface area contributed by atoms with Crippen LogP contribution in [0.3, 0.4) is 0 Å². The van der Waals surface area contributed by atoms with Crippen LogP contribution in [-0.2, 0) is 0 Å². The van der Waals surface area contributed by atoms with Crippen LogP contribution in [0.25, 0.3) is 10.2 Å². The number of thiazole rings is 1. The minimum atomic E-state index is -4.78. The van der Waals surface area contributed by atoms with Gasteiger partial charge in [-0.1, -0.05) is 29.0 Å². The minimum Gasteiger partial charge on any atom is -0.406 e. The first kappa shape index (κ1) is 22.1. The molecule has 0 atom stereocenters. The fraction of sp³-hybridized carbons (Fsp3) is 0.263. The molecule has 2 amide bonds. The summed E-state index contributed by atoms with van der Waals surface area (Å²) in [6, 6.07) is 10.2. The number of carbonyl (C=O) groups excluding carboxylic acids is 1. The monoisotopic (exact) mass is 458 g/mol. The zero-order chi connectivity index (χ0) is 21.9. The van der Waals surface area contributed by atoms with E-state index in [1.54, 1.807) is 24.3 Å². The SMILES string of the molecule is CN(C)CCN(C(=O)Nc1cccc(Cl)c1)c1nc2ccc(OC(F)(F)F)cc2s1. The highest BCUT2D eigenvalue weighted by Gasteiger charge is 2.31.